The SMILES string of the molecule is Clc1cncc(NCCc2ccc3c(c2)OCCO3)n1. The smallest absolute Gasteiger partial charge is 0.161 e. The summed E-state index contributed by atoms with van der Waals surface area (Å²) < 4.78 is 11.1. The van der Waals surface area contributed by atoms with E-state index in [1.165, 1.54) is 11.8 Å². The molecule has 0 saturated heterocycles. The van der Waals surface area contributed by atoms with Crippen molar-refractivity contribution in [3.63, 3.8) is 0 Å². The van der Waals surface area contributed by atoms with Crippen molar-refractivity contribution >= 4 is 17.4 Å². The summed E-state index contributed by atoms with van der Waals surface area (Å²) >= 11 is 5.78. The number of halogens is 1. The van der Waals surface area contributed by atoms with Crippen LogP contribution in [0.3, 0.4) is 0 Å². The Bertz CT molecular complexity index is 607. The molecule has 0 amide bonds. The molecule has 1 aliphatic rings. The Morgan fingerprint density at radius 1 is 1.15 bits per heavy atom. The van der Waals surface area contributed by atoms with Gasteiger partial charge >= 0.3 is 0 Å². The molecule has 1 N–H and O–H groups in total. The van der Waals surface area contributed by atoms with Crippen molar-refractivity contribution in [3.05, 3.63) is 41.3 Å². The van der Waals surface area contributed by atoms with Crippen molar-refractivity contribution in [1.82, 2.24) is 9.97 Å². The molecule has 104 valence electrons. The van der Waals surface area contributed by atoms with Gasteiger partial charge in [0, 0.05) is 6.54 Å². The van der Waals surface area contributed by atoms with E-state index in [1.807, 2.05) is 18.2 Å². The predicted octanol–water partition coefficient (Wildman–Crippen LogP) is 2.56. The third-order valence-corrected chi connectivity index (χ3v) is 3.11. The van der Waals surface area contributed by atoms with Crippen molar-refractivity contribution in [3.8, 4) is 11.5 Å². The van der Waals surface area contributed by atoms with E-state index >= 15 is 0 Å². The standard InChI is InChI=1S/C14H14ClN3O2/c15-13-8-16-9-14(18-13)17-4-3-10-1-2-11-12(7-10)20-6-5-19-11/h1-2,7-9H,3-6H2,(H,17,18). The summed E-state index contributed by atoms with van der Waals surface area (Å²) in [7, 11) is 0. The molecular formula is C14H14ClN3O2. The quantitative estimate of drug-likeness (QED) is 0.938. The average molecular weight is 292 g/mol. The molecule has 0 unspecified atom stereocenters. The van der Waals surface area contributed by atoms with E-state index in [2.05, 4.69) is 15.3 Å². The van der Waals surface area contributed by atoms with Crippen LogP contribution in [0.5, 0.6) is 11.5 Å². The monoisotopic (exact) mass is 291 g/mol. The van der Waals surface area contributed by atoms with Crippen molar-refractivity contribution < 1.29 is 9.47 Å². The van der Waals surface area contributed by atoms with Gasteiger partial charge in [-0.2, -0.15) is 0 Å². The number of aromatic nitrogens is 2. The molecule has 20 heavy (non-hydrogen) atoms. The zero-order chi connectivity index (χ0) is 13.8. The second-order valence-electron chi connectivity index (χ2n) is 4.38. The molecule has 3 rings (SSSR count). The van der Waals surface area contributed by atoms with Gasteiger partial charge in [-0.05, 0) is 24.1 Å². The largest absolute Gasteiger partial charge is 0.486 e. The number of fused-ring (bicyclic) bond motifs is 1. The summed E-state index contributed by atoms with van der Waals surface area (Å²) in [5, 5.41) is 3.57. The number of hydrogen-bond acceptors (Lipinski definition) is 5. The van der Waals surface area contributed by atoms with Crippen LogP contribution in [0.4, 0.5) is 5.82 Å². The lowest BCUT2D eigenvalue weighted by molar-refractivity contribution is 0.171. The first-order valence-electron chi connectivity index (χ1n) is 6.41. The van der Waals surface area contributed by atoms with E-state index in [0.717, 1.165) is 24.5 Å². The van der Waals surface area contributed by atoms with Crippen molar-refractivity contribution in [2.24, 2.45) is 0 Å². The van der Waals surface area contributed by atoms with Gasteiger partial charge in [-0.15, -0.1) is 0 Å². The number of benzene rings is 1. The topological polar surface area (TPSA) is 56.3 Å². The van der Waals surface area contributed by atoms with E-state index < -0.39 is 0 Å². The van der Waals surface area contributed by atoms with Gasteiger partial charge in [0.05, 0.1) is 12.4 Å². The molecule has 0 fully saturated rings. The molecule has 0 saturated carbocycles. The summed E-state index contributed by atoms with van der Waals surface area (Å²) in [5.74, 6) is 2.31. The van der Waals surface area contributed by atoms with Crippen molar-refractivity contribution in [2.45, 2.75) is 6.42 Å². The number of ether oxygens (including phenoxy) is 2. The fourth-order valence-corrected chi connectivity index (χ4v) is 2.15. The molecule has 2 heterocycles. The highest BCUT2D eigenvalue weighted by Gasteiger charge is 2.11. The van der Waals surface area contributed by atoms with Gasteiger partial charge in [-0.25, -0.2) is 4.98 Å². The second-order valence-corrected chi connectivity index (χ2v) is 4.77. The highest BCUT2D eigenvalue weighted by Crippen LogP contribution is 2.30. The van der Waals surface area contributed by atoms with Crippen LogP contribution in [0.2, 0.25) is 5.15 Å². The Kier molecular flexibility index (Phi) is 3.87. The third kappa shape index (κ3) is 3.11. The molecular weight excluding hydrogens is 278 g/mol. The molecule has 5 nitrogen and oxygen atoms in total. The summed E-state index contributed by atoms with van der Waals surface area (Å²) in [6, 6.07) is 6.00. The summed E-state index contributed by atoms with van der Waals surface area (Å²) in [4.78, 5) is 8.10. The maximum Gasteiger partial charge on any atom is 0.161 e. The Balaban J connectivity index is 1.58. The van der Waals surface area contributed by atoms with E-state index in [4.69, 9.17) is 21.1 Å². The summed E-state index contributed by atoms with van der Waals surface area (Å²) in [6.07, 6.45) is 4.01. The first kappa shape index (κ1) is 13.0. The zero-order valence-corrected chi connectivity index (χ0v) is 11.6. The molecule has 0 bridgehead atoms. The minimum Gasteiger partial charge on any atom is -0.486 e. The van der Waals surface area contributed by atoms with Gasteiger partial charge in [0.1, 0.15) is 24.2 Å². The van der Waals surface area contributed by atoms with Gasteiger partial charge in [0.15, 0.2) is 11.5 Å². The van der Waals surface area contributed by atoms with Crippen LogP contribution in [0.25, 0.3) is 0 Å². The fourth-order valence-electron chi connectivity index (χ4n) is 2.01. The minimum atomic E-state index is 0.384. The van der Waals surface area contributed by atoms with Gasteiger partial charge in [-0.3, -0.25) is 4.98 Å². The maximum atomic E-state index is 5.78. The van der Waals surface area contributed by atoms with E-state index in [1.54, 1.807) is 6.20 Å². The molecule has 0 atom stereocenters. The molecule has 1 aromatic heterocycles. The number of nitrogens with zero attached hydrogens (tertiary/aromatic N) is 2. The highest BCUT2D eigenvalue weighted by atomic mass is 35.5. The molecule has 0 aliphatic carbocycles. The van der Waals surface area contributed by atoms with Gasteiger partial charge in [0.25, 0.3) is 0 Å². The zero-order valence-electron chi connectivity index (χ0n) is 10.8. The Hall–Kier alpha value is -2.01. The number of hydrogen-bond donors (Lipinski definition) is 1. The van der Waals surface area contributed by atoms with E-state index in [-0.39, 0.29) is 0 Å². The first-order valence-corrected chi connectivity index (χ1v) is 6.79. The average Bonchev–Trinajstić information content (AvgIpc) is 2.47. The van der Waals surface area contributed by atoms with Crippen LogP contribution >= 0.6 is 11.6 Å². The van der Waals surface area contributed by atoms with Crippen LogP contribution in [-0.4, -0.2) is 29.7 Å². The van der Waals surface area contributed by atoms with Crippen molar-refractivity contribution in [2.75, 3.05) is 25.1 Å². The lowest BCUT2D eigenvalue weighted by atomic mass is 10.1. The molecule has 0 radical (unpaired) electrons. The molecule has 1 aromatic carbocycles. The Morgan fingerprint density at radius 3 is 2.85 bits per heavy atom. The van der Waals surface area contributed by atoms with E-state index in [0.29, 0.717) is 24.2 Å². The van der Waals surface area contributed by atoms with Crippen LogP contribution in [0, 0.1) is 0 Å². The lowest BCUT2D eigenvalue weighted by Crippen LogP contribution is -2.15. The van der Waals surface area contributed by atoms with Crippen LogP contribution < -0.4 is 14.8 Å². The van der Waals surface area contributed by atoms with Gasteiger partial charge < -0.3 is 14.8 Å². The Morgan fingerprint density at radius 2 is 2.00 bits per heavy atom. The Labute approximate surface area is 121 Å². The lowest BCUT2D eigenvalue weighted by Gasteiger charge is -2.18. The number of anilines is 1. The molecule has 6 heteroatoms. The number of rotatable bonds is 4. The fraction of sp³-hybridized carbons (Fsp3) is 0.286. The van der Waals surface area contributed by atoms with E-state index in [9.17, 15) is 0 Å². The van der Waals surface area contributed by atoms with Gasteiger partial charge in [-0.1, -0.05) is 17.7 Å². The van der Waals surface area contributed by atoms with Crippen molar-refractivity contribution in [1.29, 1.82) is 0 Å². The predicted molar refractivity (Wildman–Crippen MR) is 76.7 cm³/mol. The van der Waals surface area contributed by atoms with Gasteiger partial charge in [0.2, 0.25) is 0 Å². The third-order valence-electron chi connectivity index (χ3n) is 2.93. The minimum absolute atomic E-state index is 0.384. The number of nitrogens with one attached hydrogen (secondary N) is 1. The molecule has 0 spiro atoms. The highest BCUT2D eigenvalue weighted by molar-refractivity contribution is 6.29. The molecule has 2 aromatic rings. The first-order chi connectivity index (χ1) is 9.81. The summed E-state index contributed by atoms with van der Waals surface area (Å²) in [6.45, 7) is 1.96. The normalized spacial score (nSPS) is 13.1. The van der Waals surface area contributed by atoms with Crippen LogP contribution in [0.1, 0.15) is 5.56 Å². The summed E-state index contributed by atoms with van der Waals surface area (Å²) in [5.41, 5.74) is 1.18. The molecule has 1 aliphatic heterocycles. The van der Waals surface area contributed by atoms with Crippen LogP contribution in [-0.2, 0) is 6.42 Å². The second kappa shape index (κ2) is 5.96. The van der Waals surface area contributed by atoms with Crippen LogP contribution in [0.15, 0.2) is 30.6 Å². The maximum absolute atomic E-state index is 5.78.